The number of terminal acetylenes is 2. The minimum absolute atomic E-state index is 1.00. The molecule has 3 nitrogen and oxygen atoms in total. The Hall–Kier alpha value is -15.8. The molecule has 77 heavy (non-hydrogen) atoms. The number of rotatable bonds is 1. The number of nitrogens with zero attached hydrogens (tertiary/aromatic N) is 2. The van der Waals surface area contributed by atoms with E-state index in [4.69, 9.17) is 12.8 Å². The summed E-state index contributed by atoms with van der Waals surface area (Å²) >= 11 is 0. The molecule has 0 spiro atoms. The molecular weight excluding hydrogens is 931 g/mol. The predicted molar refractivity (Wildman–Crippen MR) is 302 cm³/mol. The Morgan fingerprint density at radius 2 is 0.468 bits per heavy atom. The van der Waals surface area contributed by atoms with Crippen LogP contribution in [-0.4, -0.2) is 15.0 Å². The first-order valence-electron chi connectivity index (χ1n) is 20.1. The second-order valence-corrected chi connectivity index (χ2v) is 10.9. The van der Waals surface area contributed by atoms with Crippen molar-refractivity contribution in [3.05, 3.63) is 49.1 Å². The molecule has 0 radical (unpaired) electrons. The average Bonchev–Trinajstić information content (AvgIpc) is 3.97. The molecule has 3 heteroatoms. The van der Waals surface area contributed by atoms with Gasteiger partial charge in [0.15, 0.2) is 0 Å². The van der Waals surface area contributed by atoms with Crippen LogP contribution in [-0.2, 0) is 0 Å². The average molecular weight is 942 g/mol. The van der Waals surface area contributed by atoms with Gasteiger partial charge in [-0.3, -0.25) is 4.98 Å². The van der Waals surface area contributed by atoms with Crippen molar-refractivity contribution in [3.8, 4) is 379 Å². The molecular formula is C74H11N3. The highest BCUT2D eigenvalue weighted by atomic mass is 14.9. The van der Waals surface area contributed by atoms with Crippen molar-refractivity contribution < 1.29 is 0 Å². The summed E-state index contributed by atoms with van der Waals surface area (Å²) < 4.78 is 0. The van der Waals surface area contributed by atoms with E-state index in [2.05, 4.69) is 376 Å². The molecule has 0 bridgehead atoms. The fraction of sp³-hybridized carbons (Fsp3) is 0. The van der Waals surface area contributed by atoms with E-state index in [1.165, 1.54) is 0 Å². The van der Waals surface area contributed by atoms with Crippen LogP contribution in [0.15, 0.2) is 49.1 Å². The molecule has 0 aliphatic carbocycles. The molecule has 0 unspecified atom stereocenters. The number of hydrogen-bond donors (Lipinski definition) is 1. The first kappa shape index (κ1) is 57.3. The lowest BCUT2D eigenvalue weighted by Crippen LogP contribution is -1.80. The van der Waals surface area contributed by atoms with Crippen molar-refractivity contribution in [2.45, 2.75) is 0 Å². The summed E-state index contributed by atoms with van der Waals surface area (Å²) in [6.45, 7) is 0. The van der Waals surface area contributed by atoms with Crippen LogP contribution in [0.1, 0.15) is 0 Å². The normalized spacial score (nSPS) is 5.22. The van der Waals surface area contributed by atoms with Gasteiger partial charge in [0, 0.05) is 278 Å². The molecule has 2 aromatic heterocycles. The summed E-state index contributed by atoms with van der Waals surface area (Å²) in [5.41, 5.74) is 4.34. The number of H-pyrrole nitrogens is 1. The Kier molecular flexibility index (Phi) is 34.8. The molecule has 0 saturated heterocycles. The first-order chi connectivity index (χ1) is 38.4. The van der Waals surface area contributed by atoms with Gasteiger partial charge in [-0.2, -0.15) is 0 Å². The Bertz CT molecular complexity index is 4730. The number of aromatic amines is 1. The lowest BCUT2D eigenvalue weighted by molar-refractivity contribution is 1.33. The molecule has 2 heterocycles. The van der Waals surface area contributed by atoms with Gasteiger partial charge < -0.3 is 4.98 Å². The smallest absolute Gasteiger partial charge is 0.0960 e. The molecule has 322 valence electrons. The van der Waals surface area contributed by atoms with E-state index < -0.39 is 0 Å². The predicted octanol–water partition coefficient (Wildman–Crippen LogP) is 2.98. The maximum atomic E-state index is 4.94. The SMILES string of the molecule is C#CC#CC#CC#CC#CC#CC#CC#CC#CC#CC#CC#CC#CC#CC#CC#CC#CC#CC#CC#CC#CC#CC#CC#CC#CC#CC#CC#CC#CC#CC#C.c1cc(-c2ccncc2)c2nc[nH]c2c1. The van der Waals surface area contributed by atoms with E-state index in [0.717, 1.165) is 22.2 Å². The number of aromatic nitrogens is 3. The van der Waals surface area contributed by atoms with Gasteiger partial charge >= 0.3 is 0 Å². The number of pyridine rings is 1. The number of benzene rings is 1. The van der Waals surface area contributed by atoms with Gasteiger partial charge in [-0.15, -0.1) is 12.8 Å². The van der Waals surface area contributed by atoms with E-state index >= 15 is 0 Å². The third-order valence-electron chi connectivity index (χ3n) is 6.15. The Morgan fingerprint density at radius 1 is 0.260 bits per heavy atom. The summed E-state index contributed by atoms with van der Waals surface area (Å²) in [5, 5.41) is 0. The zero-order chi connectivity index (χ0) is 54.5. The van der Waals surface area contributed by atoms with Gasteiger partial charge in [-0.25, -0.2) is 4.98 Å². The zero-order valence-electron chi connectivity index (χ0n) is 39.2. The van der Waals surface area contributed by atoms with Crippen LogP contribution in [0, 0.1) is 368 Å². The minimum Gasteiger partial charge on any atom is -0.345 e. The van der Waals surface area contributed by atoms with Gasteiger partial charge in [0.05, 0.1) is 17.4 Å². The second-order valence-electron chi connectivity index (χ2n) is 10.9. The van der Waals surface area contributed by atoms with Crippen molar-refractivity contribution in [2.75, 3.05) is 0 Å². The van der Waals surface area contributed by atoms with Crippen LogP contribution in [0.3, 0.4) is 0 Å². The number of hydrogen-bond acceptors (Lipinski definition) is 2. The van der Waals surface area contributed by atoms with Gasteiger partial charge in [0.25, 0.3) is 0 Å². The standard InChI is InChI=1S/C62H2.C12H9N3/c1-3-5-7-9-11-13-15-17-19-21-23-25-27-29-31-33-35-37-39-41-43-45-47-49-51-53-55-57-59-61-62-60-58-56-54-52-50-48-46-44-42-40-38-36-34-32-30-28-26-24-22-20-18-16-14-12-10-8-6-4-2;1-2-10(9-4-6-13-7-5-9)12-11(3-1)14-8-15-12/h1-2H;1-8H,(H,14,15). The second kappa shape index (κ2) is 46.7. The summed E-state index contributed by atoms with van der Waals surface area (Å²) in [5.74, 6) is 148. The molecule has 0 aliphatic rings. The van der Waals surface area contributed by atoms with E-state index in [9.17, 15) is 0 Å². The largest absolute Gasteiger partial charge is 0.345 e. The van der Waals surface area contributed by atoms with E-state index in [-0.39, 0.29) is 0 Å². The third kappa shape index (κ3) is 36.1. The van der Waals surface area contributed by atoms with Crippen LogP contribution in [0.2, 0.25) is 0 Å². The number of fused-ring (bicyclic) bond motifs is 1. The van der Waals surface area contributed by atoms with Gasteiger partial charge in [-0.1, -0.05) is 12.1 Å². The number of nitrogens with one attached hydrogen (secondary N) is 1. The van der Waals surface area contributed by atoms with Gasteiger partial charge in [0.1, 0.15) is 0 Å². The van der Waals surface area contributed by atoms with Crippen LogP contribution in [0.25, 0.3) is 22.2 Å². The summed E-state index contributed by atoms with van der Waals surface area (Å²) in [4.78, 5) is 11.4. The number of imidazole rings is 1. The highest BCUT2D eigenvalue weighted by molar-refractivity contribution is 5.91. The van der Waals surface area contributed by atoms with Crippen LogP contribution in [0.5, 0.6) is 0 Å². The fourth-order valence-electron chi connectivity index (χ4n) is 3.55. The van der Waals surface area contributed by atoms with Crippen molar-refractivity contribution in [2.24, 2.45) is 0 Å². The Balaban J connectivity index is 0.00000113. The molecule has 0 amide bonds. The summed E-state index contributed by atoms with van der Waals surface area (Å²) in [7, 11) is 0. The van der Waals surface area contributed by atoms with Gasteiger partial charge in [-0.05, 0) is 118 Å². The molecule has 0 atom stereocenters. The zero-order valence-corrected chi connectivity index (χ0v) is 39.2. The number of para-hydroxylation sites is 1. The van der Waals surface area contributed by atoms with Crippen molar-refractivity contribution in [1.82, 2.24) is 15.0 Å². The third-order valence-corrected chi connectivity index (χ3v) is 6.15. The maximum absolute atomic E-state index is 4.94. The van der Waals surface area contributed by atoms with Crippen molar-refractivity contribution in [3.63, 3.8) is 0 Å². The lowest BCUT2D eigenvalue weighted by atomic mass is 10.1. The van der Waals surface area contributed by atoms with E-state index in [0.29, 0.717) is 0 Å². The summed E-state index contributed by atoms with van der Waals surface area (Å²) in [6, 6.07) is 10.1. The molecule has 0 aliphatic heterocycles. The molecule has 3 rings (SSSR count). The molecule has 3 aromatic rings. The van der Waals surface area contributed by atoms with Crippen LogP contribution >= 0.6 is 0 Å². The van der Waals surface area contributed by atoms with Crippen LogP contribution in [0.4, 0.5) is 0 Å². The van der Waals surface area contributed by atoms with E-state index in [1.807, 2.05) is 24.3 Å². The van der Waals surface area contributed by atoms with Crippen LogP contribution < -0.4 is 0 Å². The van der Waals surface area contributed by atoms with Crippen molar-refractivity contribution >= 4 is 11.0 Å². The van der Waals surface area contributed by atoms with Gasteiger partial charge in [0.2, 0.25) is 0 Å². The highest BCUT2D eigenvalue weighted by Crippen LogP contribution is 2.25. The Morgan fingerprint density at radius 3 is 0.675 bits per heavy atom. The van der Waals surface area contributed by atoms with Crippen molar-refractivity contribution in [1.29, 1.82) is 0 Å². The van der Waals surface area contributed by atoms with E-state index in [1.54, 1.807) is 18.7 Å². The molecule has 1 N–H and O–H groups in total. The highest BCUT2D eigenvalue weighted by Gasteiger charge is 2.04. The quantitative estimate of drug-likeness (QED) is 0.382. The summed E-state index contributed by atoms with van der Waals surface area (Å²) in [6.07, 6.45) is 15.2. The molecule has 0 saturated carbocycles. The first-order valence-corrected chi connectivity index (χ1v) is 20.1. The lowest BCUT2D eigenvalue weighted by Gasteiger charge is -2.01. The maximum Gasteiger partial charge on any atom is 0.0960 e. The minimum atomic E-state index is 1.00. The molecule has 1 aromatic carbocycles. The molecule has 0 fully saturated rings. The monoisotopic (exact) mass is 941 g/mol. The topological polar surface area (TPSA) is 41.6 Å². The fourth-order valence-corrected chi connectivity index (χ4v) is 3.55. The Labute approximate surface area is 451 Å².